The van der Waals surface area contributed by atoms with E-state index in [9.17, 15) is 0 Å². The number of hydrogen-bond acceptors (Lipinski definition) is 4. The molecule has 2 aliphatic heterocycles. The van der Waals surface area contributed by atoms with E-state index in [1.54, 1.807) is 0 Å². The first-order valence-electron chi connectivity index (χ1n) is 17.1. The van der Waals surface area contributed by atoms with Gasteiger partial charge in [0.15, 0.2) is 0 Å². The Morgan fingerprint density at radius 1 is 0.560 bits per heavy atom. The van der Waals surface area contributed by atoms with Gasteiger partial charge in [0, 0.05) is 45.9 Å². The molecule has 236 valence electrons. The third-order valence-corrected chi connectivity index (χ3v) is 9.99. The molecule has 5 nitrogen and oxygen atoms in total. The smallest absolute Gasteiger partial charge is 0.235 e. The normalized spacial score (nSPS) is 14.9. The van der Waals surface area contributed by atoms with Crippen molar-refractivity contribution in [2.45, 2.75) is 12.3 Å². The lowest BCUT2D eigenvalue weighted by Gasteiger charge is -2.23. The Morgan fingerprint density at radius 3 is 1.96 bits per heavy atom. The molecule has 5 heteroatoms. The third-order valence-electron chi connectivity index (χ3n) is 9.99. The second-order valence-corrected chi connectivity index (χ2v) is 12.8. The fourth-order valence-electron chi connectivity index (χ4n) is 7.74. The lowest BCUT2D eigenvalue weighted by Crippen LogP contribution is -2.18. The average molecular weight is 642 g/mol. The fourth-order valence-corrected chi connectivity index (χ4v) is 7.74. The highest BCUT2D eigenvalue weighted by atomic mass is 15.3. The number of aliphatic imine (C=N–C) groups is 1. The Morgan fingerprint density at radius 2 is 1.22 bits per heavy atom. The highest BCUT2D eigenvalue weighted by Gasteiger charge is 2.37. The van der Waals surface area contributed by atoms with Crippen LogP contribution in [0.2, 0.25) is 0 Å². The molecular formula is C45H31N5. The number of nitrogens with zero attached hydrogens (tertiary/aromatic N) is 5. The maximum absolute atomic E-state index is 5.21. The molecule has 0 saturated heterocycles. The molecule has 0 N–H and O–H groups in total. The number of hydrogen-bond donors (Lipinski definition) is 0. The number of allylic oxidation sites excluding steroid dienone is 1. The number of fused-ring (bicyclic) bond motifs is 6. The molecule has 0 bridgehead atoms. The summed E-state index contributed by atoms with van der Waals surface area (Å²) in [5, 5.41) is 2.50. The van der Waals surface area contributed by atoms with Crippen LogP contribution < -0.4 is 4.90 Å². The number of aromatic nitrogens is 3. The van der Waals surface area contributed by atoms with Crippen molar-refractivity contribution in [1.29, 1.82) is 0 Å². The topological polar surface area (TPSA) is 46.3 Å². The molecule has 0 amide bonds. The summed E-state index contributed by atoms with van der Waals surface area (Å²) >= 11 is 0. The molecule has 0 saturated carbocycles. The third kappa shape index (κ3) is 4.51. The molecule has 1 atom stereocenters. The fraction of sp³-hybridized carbons (Fsp3) is 0.0444. The van der Waals surface area contributed by atoms with Crippen LogP contribution in [0, 0.1) is 0 Å². The second-order valence-electron chi connectivity index (χ2n) is 12.8. The van der Waals surface area contributed by atoms with Crippen LogP contribution in [0.15, 0.2) is 175 Å². The molecule has 0 aliphatic carbocycles. The number of benzene rings is 6. The molecule has 0 radical (unpaired) electrons. The van der Waals surface area contributed by atoms with Crippen LogP contribution in [0.4, 0.5) is 11.6 Å². The lowest BCUT2D eigenvalue weighted by molar-refractivity contribution is 0.838. The molecular weight excluding hydrogens is 611 g/mol. The summed E-state index contributed by atoms with van der Waals surface area (Å²) in [7, 11) is 0. The van der Waals surface area contributed by atoms with Crippen LogP contribution in [-0.2, 0) is 0 Å². The molecule has 1 unspecified atom stereocenters. The number of para-hydroxylation sites is 2. The van der Waals surface area contributed by atoms with Crippen molar-refractivity contribution in [3.05, 3.63) is 175 Å². The maximum atomic E-state index is 5.21. The molecule has 4 heterocycles. The van der Waals surface area contributed by atoms with Crippen LogP contribution in [0.25, 0.3) is 61.1 Å². The van der Waals surface area contributed by atoms with E-state index in [4.69, 9.17) is 9.97 Å². The molecule has 2 aliphatic rings. The van der Waals surface area contributed by atoms with Crippen molar-refractivity contribution in [2.24, 2.45) is 4.99 Å². The molecule has 2 aromatic heterocycles. The van der Waals surface area contributed by atoms with Crippen molar-refractivity contribution in [3.8, 4) is 39.3 Å². The standard InChI is InChI=1S/C45H31N5/c1-4-13-30(14-5-1)38-28-39(31-15-6-2-7-16-31)48-45(47-38)50-41-24-23-32(27-37(41)35-25-26-46-29-43(35)50)34-20-12-22-42-44(34)36-19-10-11-21-40(36)49(42)33-17-8-3-9-18-33/h1-24,26-29,35H,25H2. The van der Waals surface area contributed by atoms with E-state index in [1.807, 2.05) is 24.5 Å². The Labute approximate surface area is 290 Å². The van der Waals surface area contributed by atoms with Gasteiger partial charge in [-0.3, -0.25) is 9.89 Å². The second kappa shape index (κ2) is 11.5. The van der Waals surface area contributed by atoms with Crippen molar-refractivity contribution < 1.29 is 0 Å². The summed E-state index contributed by atoms with van der Waals surface area (Å²) in [4.78, 5) is 17.3. The van der Waals surface area contributed by atoms with E-state index in [0.29, 0.717) is 5.95 Å². The van der Waals surface area contributed by atoms with Gasteiger partial charge in [-0.15, -0.1) is 0 Å². The van der Waals surface area contributed by atoms with Gasteiger partial charge in [0.05, 0.1) is 33.8 Å². The van der Waals surface area contributed by atoms with Gasteiger partial charge >= 0.3 is 0 Å². The van der Waals surface area contributed by atoms with Crippen LogP contribution in [-0.4, -0.2) is 20.7 Å². The van der Waals surface area contributed by atoms with Gasteiger partial charge in [-0.05, 0) is 65.6 Å². The zero-order valence-corrected chi connectivity index (χ0v) is 27.2. The molecule has 8 aromatic rings. The summed E-state index contributed by atoms with van der Waals surface area (Å²) < 4.78 is 2.38. The summed E-state index contributed by atoms with van der Waals surface area (Å²) in [6.45, 7) is 0. The van der Waals surface area contributed by atoms with Crippen molar-refractivity contribution in [3.63, 3.8) is 0 Å². The predicted octanol–water partition coefficient (Wildman–Crippen LogP) is 11.1. The summed E-state index contributed by atoms with van der Waals surface area (Å²) in [5.41, 5.74) is 13.3. The molecule has 50 heavy (non-hydrogen) atoms. The van der Waals surface area contributed by atoms with Gasteiger partial charge in [0.25, 0.3) is 0 Å². The van der Waals surface area contributed by atoms with Crippen molar-refractivity contribution in [1.82, 2.24) is 14.5 Å². The van der Waals surface area contributed by atoms with Gasteiger partial charge < -0.3 is 4.57 Å². The minimum absolute atomic E-state index is 0.150. The molecule has 0 spiro atoms. The zero-order chi connectivity index (χ0) is 33.0. The number of rotatable bonds is 5. The maximum Gasteiger partial charge on any atom is 0.235 e. The van der Waals surface area contributed by atoms with Crippen LogP contribution in [0.3, 0.4) is 0 Å². The highest BCUT2D eigenvalue weighted by Crippen LogP contribution is 2.51. The minimum atomic E-state index is 0.150. The molecule has 0 fully saturated rings. The Bertz CT molecular complexity index is 2560. The van der Waals surface area contributed by atoms with Crippen molar-refractivity contribution in [2.75, 3.05) is 4.90 Å². The van der Waals surface area contributed by atoms with E-state index in [-0.39, 0.29) is 5.92 Å². The van der Waals surface area contributed by atoms with E-state index in [1.165, 1.54) is 38.5 Å². The van der Waals surface area contributed by atoms with E-state index in [0.717, 1.165) is 46.0 Å². The summed E-state index contributed by atoms with van der Waals surface area (Å²) in [6, 6.07) is 55.7. The first-order valence-corrected chi connectivity index (χ1v) is 17.1. The first-order chi connectivity index (χ1) is 24.8. The quantitative estimate of drug-likeness (QED) is 0.188. The predicted molar refractivity (Wildman–Crippen MR) is 205 cm³/mol. The van der Waals surface area contributed by atoms with E-state index < -0.39 is 0 Å². The van der Waals surface area contributed by atoms with Crippen LogP contribution in [0.5, 0.6) is 0 Å². The number of anilines is 2. The van der Waals surface area contributed by atoms with E-state index >= 15 is 0 Å². The monoisotopic (exact) mass is 641 g/mol. The van der Waals surface area contributed by atoms with Crippen LogP contribution >= 0.6 is 0 Å². The van der Waals surface area contributed by atoms with Crippen LogP contribution in [0.1, 0.15) is 17.9 Å². The Balaban J connectivity index is 1.16. The zero-order valence-electron chi connectivity index (χ0n) is 27.2. The van der Waals surface area contributed by atoms with Gasteiger partial charge in [0.2, 0.25) is 5.95 Å². The van der Waals surface area contributed by atoms with Gasteiger partial charge in [-0.1, -0.05) is 115 Å². The first kappa shape index (κ1) is 28.4. The summed E-state index contributed by atoms with van der Waals surface area (Å²) in [6.07, 6.45) is 4.84. The Kier molecular flexibility index (Phi) is 6.56. The molecule has 10 rings (SSSR count). The minimum Gasteiger partial charge on any atom is -0.309 e. The average Bonchev–Trinajstić information content (AvgIpc) is 3.71. The Hall–Kier alpha value is -6.59. The van der Waals surface area contributed by atoms with Crippen molar-refractivity contribution >= 4 is 39.7 Å². The van der Waals surface area contributed by atoms with Gasteiger partial charge in [0.1, 0.15) is 0 Å². The highest BCUT2D eigenvalue weighted by molar-refractivity contribution is 6.15. The van der Waals surface area contributed by atoms with Gasteiger partial charge in [-0.2, -0.15) is 0 Å². The largest absolute Gasteiger partial charge is 0.309 e. The van der Waals surface area contributed by atoms with E-state index in [2.05, 4.69) is 160 Å². The van der Waals surface area contributed by atoms with Gasteiger partial charge in [-0.25, -0.2) is 9.97 Å². The lowest BCUT2D eigenvalue weighted by atomic mass is 9.91. The molecule has 6 aromatic carbocycles. The summed E-state index contributed by atoms with van der Waals surface area (Å²) in [5.74, 6) is 0.801. The SMILES string of the molecule is C1=NC=C2C(C1)c1cc(-c3cccc4c3c3ccccc3n4-c3ccccc3)ccc1N2c1nc(-c2ccccc2)cc(-c2ccccc2)n1.